The lowest BCUT2D eigenvalue weighted by Crippen LogP contribution is -2.38. The maximum Gasteiger partial charge on any atom is 0.310 e. The third kappa shape index (κ3) is 2.51. The largest absolute Gasteiger partial charge is 0.469 e. The third-order valence-corrected chi connectivity index (χ3v) is 3.94. The van der Waals surface area contributed by atoms with Gasteiger partial charge in [0, 0.05) is 13.1 Å². The average Bonchev–Trinajstić information content (AvgIpc) is 2.94. The molecule has 0 saturated carbocycles. The van der Waals surface area contributed by atoms with Crippen LogP contribution in [0.3, 0.4) is 0 Å². The van der Waals surface area contributed by atoms with E-state index in [2.05, 4.69) is 0 Å². The Morgan fingerprint density at radius 3 is 2.50 bits per heavy atom. The maximum atomic E-state index is 12.2. The molecule has 0 bridgehead atoms. The van der Waals surface area contributed by atoms with Crippen molar-refractivity contribution in [3.05, 3.63) is 0 Å². The minimum absolute atomic E-state index is 0.0256. The Kier molecular flexibility index (Phi) is 3.90. The second-order valence-corrected chi connectivity index (χ2v) is 5.36. The molecule has 0 aliphatic carbocycles. The van der Waals surface area contributed by atoms with Crippen molar-refractivity contribution in [3.63, 3.8) is 0 Å². The number of likely N-dealkylation sites (tertiary alicyclic amines) is 1. The number of methoxy groups -OCH3 is 1. The van der Waals surface area contributed by atoms with Crippen LogP contribution in [0.2, 0.25) is 0 Å². The summed E-state index contributed by atoms with van der Waals surface area (Å²) in [7, 11) is 1.39. The lowest BCUT2D eigenvalue weighted by molar-refractivity contribution is -0.146. The Bertz CT molecular complexity index is 344. The highest BCUT2D eigenvalue weighted by atomic mass is 16.5. The summed E-state index contributed by atoms with van der Waals surface area (Å²) in [6.45, 7) is 5.04. The van der Waals surface area contributed by atoms with Gasteiger partial charge in [0.1, 0.15) is 6.10 Å². The number of hydrogen-bond acceptors (Lipinski definition) is 4. The van der Waals surface area contributed by atoms with Gasteiger partial charge in [-0.3, -0.25) is 9.59 Å². The molecule has 2 rings (SSSR count). The molecule has 5 nitrogen and oxygen atoms in total. The van der Waals surface area contributed by atoms with Crippen molar-refractivity contribution in [2.24, 2.45) is 11.8 Å². The predicted molar refractivity (Wildman–Crippen MR) is 64.8 cm³/mol. The van der Waals surface area contributed by atoms with Crippen LogP contribution in [0.15, 0.2) is 0 Å². The first-order chi connectivity index (χ1) is 8.52. The van der Waals surface area contributed by atoms with Gasteiger partial charge in [-0.25, -0.2) is 0 Å². The van der Waals surface area contributed by atoms with E-state index in [0.717, 1.165) is 12.8 Å². The van der Waals surface area contributed by atoms with Gasteiger partial charge in [0.15, 0.2) is 0 Å². The van der Waals surface area contributed by atoms with E-state index >= 15 is 0 Å². The molecule has 0 N–H and O–H groups in total. The van der Waals surface area contributed by atoms with Crippen LogP contribution in [0.4, 0.5) is 0 Å². The van der Waals surface area contributed by atoms with Gasteiger partial charge in [0.25, 0.3) is 5.91 Å². The number of nitrogens with zero attached hydrogens (tertiary/aromatic N) is 1. The van der Waals surface area contributed by atoms with Crippen molar-refractivity contribution in [2.75, 3.05) is 20.2 Å². The summed E-state index contributed by atoms with van der Waals surface area (Å²) in [4.78, 5) is 25.6. The molecule has 2 aliphatic rings. The fourth-order valence-corrected chi connectivity index (χ4v) is 2.79. The van der Waals surface area contributed by atoms with E-state index < -0.39 is 0 Å². The van der Waals surface area contributed by atoms with Gasteiger partial charge >= 0.3 is 5.97 Å². The average molecular weight is 255 g/mol. The highest BCUT2D eigenvalue weighted by Crippen LogP contribution is 2.27. The molecule has 0 radical (unpaired) electrons. The van der Waals surface area contributed by atoms with Gasteiger partial charge in [0.2, 0.25) is 0 Å². The van der Waals surface area contributed by atoms with E-state index in [1.54, 1.807) is 4.90 Å². The number of carbonyl (C=O) groups excluding carboxylic acids is 2. The Morgan fingerprint density at radius 1 is 1.22 bits per heavy atom. The van der Waals surface area contributed by atoms with Crippen LogP contribution in [-0.2, 0) is 19.1 Å². The summed E-state index contributed by atoms with van der Waals surface area (Å²) >= 11 is 0. The van der Waals surface area contributed by atoms with Gasteiger partial charge in [-0.1, -0.05) is 6.92 Å². The number of rotatable bonds is 2. The van der Waals surface area contributed by atoms with E-state index in [1.807, 2.05) is 13.8 Å². The fraction of sp³-hybridized carbons (Fsp3) is 0.846. The van der Waals surface area contributed by atoms with E-state index in [4.69, 9.17) is 9.47 Å². The molecular formula is C13H21NO4. The van der Waals surface area contributed by atoms with Crippen LogP contribution in [0.1, 0.15) is 26.7 Å². The number of esters is 1. The molecule has 102 valence electrons. The molecule has 18 heavy (non-hydrogen) atoms. The molecule has 5 heteroatoms. The molecule has 4 unspecified atom stereocenters. The van der Waals surface area contributed by atoms with Crippen LogP contribution in [0.5, 0.6) is 0 Å². The smallest absolute Gasteiger partial charge is 0.310 e. The van der Waals surface area contributed by atoms with Gasteiger partial charge in [-0.15, -0.1) is 0 Å². The molecule has 0 spiro atoms. The Labute approximate surface area is 107 Å². The Morgan fingerprint density at radius 2 is 1.94 bits per heavy atom. The molecule has 0 aromatic rings. The zero-order valence-corrected chi connectivity index (χ0v) is 11.2. The van der Waals surface area contributed by atoms with Crippen LogP contribution in [0, 0.1) is 11.8 Å². The molecular weight excluding hydrogens is 234 g/mol. The molecule has 2 aliphatic heterocycles. The minimum Gasteiger partial charge on any atom is -0.469 e. The monoisotopic (exact) mass is 255 g/mol. The number of ether oxygens (including phenoxy) is 2. The standard InChI is InChI=1S/C13H21NO4/c1-8-6-14(7-10(8)13(16)17-3)12(15)11-5-4-9(2)18-11/h8-11H,4-7H2,1-3H3. The first kappa shape index (κ1) is 13.3. The summed E-state index contributed by atoms with van der Waals surface area (Å²) in [6, 6.07) is 0. The first-order valence-corrected chi connectivity index (χ1v) is 6.55. The van der Waals surface area contributed by atoms with Crippen LogP contribution >= 0.6 is 0 Å². The van der Waals surface area contributed by atoms with E-state index in [1.165, 1.54) is 7.11 Å². The second kappa shape index (κ2) is 5.26. The normalized spacial score (nSPS) is 35.8. The van der Waals surface area contributed by atoms with E-state index in [-0.39, 0.29) is 35.9 Å². The van der Waals surface area contributed by atoms with Crippen molar-refractivity contribution in [1.29, 1.82) is 0 Å². The minimum atomic E-state index is -0.316. The summed E-state index contributed by atoms with van der Waals surface area (Å²) in [5.41, 5.74) is 0. The van der Waals surface area contributed by atoms with Gasteiger partial charge in [-0.05, 0) is 25.7 Å². The van der Waals surface area contributed by atoms with Crippen molar-refractivity contribution in [2.45, 2.75) is 38.9 Å². The third-order valence-electron chi connectivity index (χ3n) is 3.94. The lowest BCUT2D eigenvalue weighted by Gasteiger charge is -2.20. The summed E-state index contributed by atoms with van der Waals surface area (Å²) in [6.07, 6.45) is 1.56. The summed E-state index contributed by atoms with van der Waals surface area (Å²) in [5, 5.41) is 0. The van der Waals surface area contributed by atoms with Gasteiger partial charge in [-0.2, -0.15) is 0 Å². The van der Waals surface area contributed by atoms with Gasteiger partial charge < -0.3 is 14.4 Å². The molecule has 1 amide bonds. The maximum absolute atomic E-state index is 12.2. The zero-order chi connectivity index (χ0) is 13.3. The molecule has 2 fully saturated rings. The topological polar surface area (TPSA) is 55.8 Å². The molecule has 2 saturated heterocycles. The fourth-order valence-electron chi connectivity index (χ4n) is 2.79. The number of hydrogen-bond donors (Lipinski definition) is 0. The Hall–Kier alpha value is -1.10. The number of carbonyl (C=O) groups is 2. The second-order valence-electron chi connectivity index (χ2n) is 5.36. The van der Waals surface area contributed by atoms with E-state index in [9.17, 15) is 9.59 Å². The SMILES string of the molecule is COC(=O)C1CN(C(=O)C2CCC(C)O2)CC1C. The zero-order valence-electron chi connectivity index (χ0n) is 11.2. The van der Waals surface area contributed by atoms with Crippen molar-refractivity contribution in [3.8, 4) is 0 Å². The van der Waals surface area contributed by atoms with Crippen molar-refractivity contribution in [1.82, 2.24) is 4.90 Å². The molecule has 0 aromatic heterocycles. The summed E-state index contributed by atoms with van der Waals surface area (Å²) in [5.74, 6) is -0.242. The molecule has 4 atom stereocenters. The van der Waals surface area contributed by atoms with Crippen LogP contribution in [0.25, 0.3) is 0 Å². The number of amides is 1. The Balaban J connectivity index is 1.95. The van der Waals surface area contributed by atoms with E-state index in [0.29, 0.717) is 13.1 Å². The quantitative estimate of drug-likeness (QED) is 0.686. The molecule has 2 heterocycles. The van der Waals surface area contributed by atoms with Gasteiger partial charge in [0.05, 0.1) is 19.1 Å². The summed E-state index contributed by atoms with van der Waals surface area (Å²) < 4.78 is 10.4. The highest BCUT2D eigenvalue weighted by Gasteiger charge is 2.41. The lowest BCUT2D eigenvalue weighted by atomic mass is 9.99. The predicted octanol–water partition coefficient (Wildman–Crippen LogP) is 0.821. The van der Waals surface area contributed by atoms with Crippen molar-refractivity contribution < 1.29 is 19.1 Å². The molecule has 0 aromatic carbocycles. The first-order valence-electron chi connectivity index (χ1n) is 6.55. The van der Waals surface area contributed by atoms with Crippen LogP contribution in [-0.4, -0.2) is 49.2 Å². The highest BCUT2D eigenvalue weighted by molar-refractivity contribution is 5.83. The van der Waals surface area contributed by atoms with Crippen molar-refractivity contribution >= 4 is 11.9 Å². The van der Waals surface area contributed by atoms with Crippen LogP contribution < -0.4 is 0 Å².